The fourth-order valence-electron chi connectivity index (χ4n) is 2.21. The first-order chi connectivity index (χ1) is 10.7. The molecular formula is C18H14N2O2. The van der Waals surface area contributed by atoms with E-state index < -0.39 is 0 Å². The number of hydrogen-bond acceptors (Lipinski definition) is 3. The average molecular weight is 290 g/mol. The molecule has 1 amide bonds. The van der Waals surface area contributed by atoms with Gasteiger partial charge in [0.05, 0.1) is 6.21 Å². The molecule has 22 heavy (non-hydrogen) atoms. The van der Waals surface area contributed by atoms with Crippen LogP contribution in [0.4, 0.5) is 0 Å². The lowest BCUT2D eigenvalue weighted by atomic mass is 10.0. The van der Waals surface area contributed by atoms with Gasteiger partial charge in [-0.05, 0) is 46.7 Å². The summed E-state index contributed by atoms with van der Waals surface area (Å²) in [5.74, 6) is -0.0660. The third kappa shape index (κ3) is 2.96. The number of aromatic hydroxyl groups is 1. The molecule has 0 fully saturated rings. The van der Waals surface area contributed by atoms with E-state index in [2.05, 4.69) is 10.5 Å². The molecule has 0 aliphatic carbocycles. The predicted molar refractivity (Wildman–Crippen MR) is 87.1 cm³/mol. The summed E-state index contributed by atoms with van der Waals surface area (Å²) < 4.78 is 0. The lowest BCUT2D eigenvalue weighted by Crippen LogP contribution is -2.17. The van der Waals surface area contributed by atoms with Crippen LogP contribution in [0.5, 0.6) is 5.75 Å². The summed E-state index contributed by atoms with van der Waals surface area (Å²) in [4.78, 5) is 12.2. The highest BCUT2D eigenvalue weighted by Gasteiger charge is 2.08. The SMILES string of the molecule is O=C(N/N=C\c1ccc(O)cc1)c1cccc2ccccc12. The number of hydrazone groups is 1. The van der Waals surface area contributed by atoms with Crippen molar-refractivity contribution in [3.05, 3.63) is 77.9 Å². The number of fused-ring (bicyclic) bond motifs is 1. The highest BCUT2D eigenvalue weighted by atomic mass is 16.3. The van der Waals surface area contributed by atoms with E-state index >= 15 is 0 Å². The van der Waals surface area contributed by atoms with Crippen LogP contribution >= 0.6 is 0 Å². The van der Waals surface area contributed by atoms with E-state index in [-0.39, 0.29) is 11.7 Å². The van der Waals surface area contributed by atoms with Crippen molar-refractivity contribution < 1.29 is 9.90 Å². The third-order valence-corrected chi connectivity index (χ3v) is 3.31. The van der Waals surface area contributed by atoms with Gasteiger partial charge in [-0.2, -0.15) is 5.10 Å². The average Bonchev–Trinajstić information content (AvgIpc) is 2.56. The summed E-state index contributed by atoms with van der Waals surface area (Å²) >= 11 is 0. The Morgan fingerprint density at radius 2 is 1.68 bits per heavy atom. The minimum atomic E-state index is -0.258. The maximum absolute atomic E-state index is 12.2. The maximum Gasteiger partial charge on any atom is 0.271 e. The molecule has 3 aromatic carbocycles. The van der Waals surface area contributed by atoms with Gasteiger partial charge in [0.25, 0.3) is 5.91 Å². The van der Waals surface area contributed by atoms with Crippen LogP contribution < -0.4 is 5.43 Å². The highest BCUT2D eigenvalue weighted by molar-refractivity contribution is 6.07. The van der Waals surface area contributed by atoms with Crippen molar-refractivity contribution >= 4 is 22.9 Å². The number of carbonyl (C=O) groups excluding carboxylic acids is 1. The second kappa shape index (κ2) is 6.10. The van der Waals surface area contributed by atoms with Gasteiger partial charge in [-0.15, -0.1) is 0 Å². The molecule has 0 atom stereocenters. The predicted octanol–water partition coefficient (Wildman–Crippen LogP) is 3.31. The zero-order valence-electron chi connectivity index (χ0n) is 11.7. The summed E-state index contributed by atoms with van der Waals surface area (Å²) in [6, 6.07) is 19.8. The monoisotopic (exact) mass is 290 g/mol. The molecule has 4 heteroatoms. The fourth-order valence-corrected chi connectivity index (χ4v) is 2.21. The van der Waals surface area contributed by atoms with Crippen molar-refractivity contribution in [2.24, 2.45) is 5.10 Å². The molecule has 3 rings (SSSR count). The van der Waals surface area contributed by atoms with Crippen LogP contribution in [-0.4, -0.2) is 17.2 Å². The standard InChI is InChI=1S/C18H14N2O2/c21-15-10-8-13(9-11-15)12-19-20-18(22)17-7-3-5-14-4-1-2-6-16(14)17/h1-12,21H,(H,20,22)/b19-12-. The van der Waals surface area contributed by atoms with E-state index in [0.717, 1.165) is 16.3 Å². The molecular weight excluding hydrogens is 276 g/mol. The summed E-state index contributed by atoms with van der Waals surface area (Å²) in [6.07, 6.45) is 1.53. The molecule has 0 aliphatic heterocycles. The van der Waals surface area contributed by atoms with Gasteiger partial charge in [-0.3, -0.25) is 4.79 Å². The number of nitrogens with zero attached hydrogens (tertiary/aromatic N) is 1. The van der Waals surface area contributed by atoms with E-state index in [4.69, 9.17) is 0 Å². The van der Waals surface area contributed by atoms with Gasteiger partial charge in [0.2, 0.25) is 0 Å². The van der Waals surface area contributed by atoms with Gasteiger partial charge < -0.3 is 5.11 Å². The second-order valence-corrected chi connectivity index (χ2v) is 4.82. The first-order valence-electron chi connectivity index (χ1n) is 6.84. The highest BCUT2D eigenvalue weighted by Crippen LogP contribution is 2.18. The number of amides is 1. The quantitative estimate of drug-likeness (QED) is 0.574. The van der Waals surface area contributed by atoms with Crippen LogP contribution in [0.1, 0.15) is 15.9 Å². The summed E-state index contributed by atoms with van der Waals surface area (Å²) in [5.41, 5.74) is 3.89. The summed E-state index contributed by atoms with van der Waals surface area (Å²) in [5, 5.41) is 15.1. The Morgan fingerprint density at radius 1 is 0.955 bits per heavy atom. The molecule has 4 nitrogen and oxygen atoms in total. The summed E-state index contributed by atoms with van der Waals surface area (Å²) in [6.45, 7) is 0. The van der Waals surface area contributed by atoms with Gasteiger partial charge >= 0.3 is 0 Å². The molecule has 0 radical (unpaired) electrons. The minimum absolute atomic E-state index is 0.192. The number of rotatable bonds is 3. The summed E-state index contributed by atoms with van der Waals surface area (Å²) in [7, 11) is 0. The van der Waals surface area contributed by atoms with Crippen molar-refractivity contribution in [1.29, 1.82) is 0 Å². The molecule has 0 aliphatic rings. The topological polar surface area (TPSA) is 61.7 Å². The van der Waals surface area contributed by atoms with Gasteiger partial charge in [0, 0.05) is 5.56 Å². The number of phenols is 1. The van der Waals surface area contributed by atoms with Crippen LogP contribution in [0.25, 0.3) is 10.8 Å². The van der Waals surface area contributed by atoms with Crippen LogP contribution in [-0.2, 0) is 0 Å². The second-order valence-electron chi connectivity index (χ2n) is 4.82. The van der Waals surface area contributed by atoms with Crippen molar-refractivity contribution in [3.8, 4) is 5.75 Å². The first kappa shape index (κ1) is 13.8. The van der Waals surface area contributed by atoms with Crippen LogP contribution in [0.3, 0.4) is 0 Å². The Hall–Kier alpha value is -3.14. The number of carbonyl (C=O) groups is 1. The molecule has 0 unspecified atom stereocenters. The smallest absolute Gasteiger partial charge is 0.271 e. The van der Waals surface area contributed by atoms with E-state index in [1.807, 2.05) is 36.4 Å². The Balaban J connectivity index is 1.77. The maximum atomic E-state index is 12.2. The molecule has 2 N–H and O–H groups in total. The van der Waals surface area contributed by atoms with E-state index in [1.54, 1.807) is 30.3 Å². The molecule has 3 aromatic rings. The van der Waals surface area contributed by atoms with E-state index in [0.29, 0.717) is 5.56 Å². The number of nitrogens with one attached hydrogen (secondary N) is 1. The molecule has 0 bridgehead atoms. The largest absolute Gasteiger partial charge is 0.508 e. The van der Waals surface area contributed by atoms with Gasteiger partial charge in [-0.1, -0.05) is 36.4 Å². The third-order valence-electron chi connectivity index (χ3n) is 3.31. The van der Waals surface area contributed by atoms with Crippen LogP contribution in [0, 0.1) is 0 Å². The van der Waals surface area contributed by atoms with Crippen molar-refractivity contribution in [1.82, 2.24) is 5.43 Å². The zero-order chi connectivity index (χ0) is 15.4. The molecule has 0 heterocycles. The van der Waals surface area contributed by atoms with Gasteiger partial charge in [0.15, 0.2) is 0 Å². The van der Waals surface area contributed by atoms with Crippen molar-refractivity contribution in [2.45, 2.75) is 0 Å². The van der Waals surface area contributed by atoms with Crippen LogP contribution in [0.15, 0.2) is 71.8 Å². The van der Waals surface area contributed by atoms with Gasteiger partial charge in [0.1, 0.15) is 5.75 Å². The Morgan fingerprint density at radius 3 is 2.50 bits per heavy atom. The minimum Gasteiger partial charge on any atom is -0.508 e. The number of hydrogen-bond donors (Lipinski definition) is 2. The normalized spacial score (nSPS) is 10.9. The Labute approximate surface area is 127 Å². The molecule has 0 saturated carbocycles. The Kier molecular flexibility index (Phi) is 3.83. The molecule has 108 valence electrons. The molecule has 0 saturated heterocycles. The molecule has 0 spiro atoms. The number of benzene rings is 3. The van der Waals surface area contributed by atoms with E-state index in [9.17, 15) is 9.90 Å². The van der Waals surface area contributed by atoms with Crippen LogP contribution in [0.2, 0.25) is 0 Å². The van der Waals surface area contributed by atoms with Crippen molar-refractivity contribution in [2.75, 3.05) is 0 Å². The van der Waals surface area contributed by atoms with E-state index in [1.165, 1.54) is 6.21 Å². The Bertz CT molecular complexity index is 834. The fraction of sp³-hybridized carbons (Fsp3) is 0. The molecule has 0 aromatic heterocycles. The first-order valence-corrected chi connectivity index (χ1v) is 6.84. The lowest BCUT2D eigenvalue weighted by Gasteiger charge is -2.04. The van der Waals surface area contributed by atoms with Gasteiger partial charge in [-0.25, -0.2) is 5.43 Å². The lowest BCUT2D eigenvalue weighted by molar-refractivity contribution is 0.0957. The van der Waals surface area contributed by atoms with Crippen molar-refractivity contribution in [3.63, 3.8) is 0 Å². The zero-order valence-corrected chi connectivity index (χ0v) is 11.7. The number of phenolic OH excluding ortho intramolecular Hbond substituents is 1.